The highest BCUT2D eigenvalue weighted by molar-refractivity contribution is 5.00. The number of ether oxygens (including phenoxy) is 1. The van der Waals surface area contributed by atoms with Gasteiger partial charge in [0.05, 0.1) is 19.3 Å². The number of aliphatic hydroxyl groups excluding tert-OH is 1. The molecule has 0 amide bonds. The number of hydrogen-bond acceptors (Lipinski definition) is 4. The summed E-state index contributed by atoms with van der Waals surface area (Å²) in [6, 6.07) is 2.05. The SMILES string of the molecule is Cn1nccc1CCN1CCOC(CO)C1. The van der Waals surface area contributed by atoms with Crippen LogP contribution >= 0.6 is 0 Å². The van der Waals surface area contributed by atoms with Gasteiger partial charge in [0.25, 0.3) is 0 Å². The molecule has 1 N–H and O–H groups in total. The van der Waals surface area contributed by atoms with Crippen molar-refractivity contribution in [1.82, 2.24) is 14.7 Å². The van der Waals surface area contributed by atoms with Crippen LogP contribution in [0.2, 0.25) is 0 Å². The van der Waals surface area contributed by atoms with Gasteiger partial charge in [0.15, 0.2) is 0 Å². The van der Waals surface area contributed by atoms with E-state index in [1.165, 1.54) is 5.69 Å². The smallest absolute Gasteiger partial charge is 0.0932 e. The summed E-state index contributed by atoms with van der Waals surface area (Å²) in [6.07, 6.45) is 2.81. The van der Waals surface area contributed by atoms with E-state index in [4.69, 9.17) is 9.84 Å². The van der Waals surface area contributed by atoms with E-state index in [0.717, 1.165) is 32.7 Å². The first-order chi connectivity index (χ1) is 7.79. The van der Waals surface area contributed by atoms with Crippen molar-refractivity contribution >= 4 is 0 Å². The van der Waals surface area contributed by atoms with E-state index in [1.54, 1.807) is 0 Å². The Balaban J connectivity index is 1.79. The topological polar surface area (TPSA) is 50.5 Å². The molecule has 1 aromatic heterocycles. The zero-order chi connectivity index (χ0) is 11.4. The molecule has 2 rings (SSSR count). The van der Waals surface area contributed by atoms with Crippen molar-refractivity contribution in [2.45, 2.75) is 12.5 Å². The Morgan fingerprint density at radius 3 is 3.19 bits per heavy atom. The molecule has 5 nitrogen and oxygen atoms in total. The molecule has 0 saturated carbocycles. The molecule has 1 saturated heterocycles. The minimum absolute atomic E-state index is 0.0136. The summed E-state index contributed by atoms with van der Waals surface area (Å²) >= 11 is 0. The van der Waals surface area contributed by atoms with Crippen LogP contribution in [0.25, 0.3) is 0 Å². The molecule has 16 heavy (non-hydrogen) atoms. The second kappa shape index (κ2) is 5.43. The molecular formula is C11H19N3O2. The summed E-state index contributed by atoms with van der Waals surface area (Å²) in [4.78, 5) is 2.33. The van der Waals surface area contributed by atoms with Crippen LogP contribution in [0.3, 0.4) is 0 Å². The van der Waals surface area contributed by atoms with Crippen LogP contribution < -0.4 is 0 Å². The second-order valence-corrected chi connectivity index (χ2v) is 4.17. The minimum Gasteiger partial charge on any atom is -0.394 e. The first-order valence-corrected chi connectivity index (χ1v) is 5.71. The average molecular weight is 225 g/mol. The summed E-state index contributed by atoms with van der Waals surface area (Å²) < 4.78 is 7.32. The molecule has 0 bridgehead atoms. The van der Waals surface area contributed by atoms with Gasteiger partial charge in [-0.15, -0.1) is 0 Å². The van der Waals surface area contributed by atoms with Gasteiger partial charge in [0.1, 0.15) is 0 Å². The predicted molar refractivity (Wildman–Crippen MR) is 60.2 cm³/mol. The molecule has 0 aliphatic carbocycles. The number of nitrogens with zero attached hydrogens (tertiary/aromatic N) is 3. The van der Waals surface area contributed by atoms with Gasteiger partial charge < -0.3 is 9.84 Å². The average Bonchev–Trinajstić information content (AvgIpc) is 2.72. The lowest BCUT2D eigenvalue weighted by Crippen LogP contribution is -2.44. The molecule has 0 aromatic carbocycles. The largest absolute Gasteiger partial charge is 0.394 e. The molecule has 0 radical (unpaired) electrons. The van der Waals surface area contributed by atoms with Crippen LogP contribution in [0, 0.1) is 0 Å². The van der Waals surface area contributed by atoms with Crippen LogP contribution in [0.1, 0.15) is 5.69 Å². The normalized spacial score (nSPS) is 22.5. The van der Waals surface area contributed by atoms with E-state index >= 15 is 0 Å². The van der Waals surface area contributed by atoms with Crippen LogP contribution in [-0.4, -0.2) is 58.7 Å². The van der Waals surface area contributed by atoms with E-state index in [0.29, 0.717) is 0 Å². The van der Waals surface area contributed by atoms with Crippen molar-refractivity contribution in [3.63, 3.8) is 0 Å². The molecule has 1 aliphatic rings. The zero-order valence-electron chi connectivity index (χ0n) is 9.67. The number of hydrogen-bond donors (Lipinski definition) is 1. The molecule has 1 aromatic rings. The van der Waals surface area contributed by atoms with Crippen molar-refractivity contribution in [3.8, 4) is 0 Å². The van der Waals surface area contributed by atoms with Gasteiger partial charge in [0.2, 0.25) is 0 Å². The van der Waals surface area contributed by atoms with Gasteiger partial charge in [-0.05, 0) is 6.07 Å². The fraction of sp³-hybridized carbons (Fsp3) is 0.727. The monoisotopic (exact) mass is 225 g/mol. The standard InChI is InChI=1S/C11H19N3O2/c1-13-10(2-4-12-13)3-5-14-6-7-16-11(8-14)9-15/h2,4,11,15H,3,5-9H2,1H3. The summed E-state index contributed by atoms with van der Waals surface area (Å²) in [5.74, 6) is 0. The number of aliphatic hydroxyl groups is 1. The zero-order valence-corrected chi connectivity index (χ0v) is 9.67. The summed E-state index contributed by atoms with van der Waals surface area (Å²) in [7, 11) is 1.96. The van der Waals surface area contributed by atoms with E-state index in [2.05, 4.69) is 10.00 Å². The lowest BCUT2D eigenvalue weighted by atomic mass is 10.2. The Morgan fingerprint density at radius 2 is 2.50 bits per heavy atom. The Hall–Kier alpha value is -0.910. The van der Waals surface area contributed by atoms with Gasteiger partial charge in [-0.2, -0.15) is 5.10 Å². The molecule has 1 unspecified atom stereocenters. The highest BCUT2D eigenvalue weighted by Gasteiger charge is 2.19. The Bertz CT molecular complexity index is 327. The quantitative estimate of drug-likeness (QED) is 0.761. The van der Waals surface area contributed by atoms with Crippen LogP contribution in [-0.2, 0) is 18.2 Å². The molecule has 90 valence electrons. The van der Waals surface area contributed by atoms with Gasteiger partial charge in [0, 0.05) is 45.0 Å². The van der Waals surface area contributed by atoms with Gasteiger partial charge in [-0.1, -0.05) is 0 Å². The first-order valence-electron chi connectivity index (χ1n) is 5.71. The highest BCUT2D eigenvalue weighted by Crippen LogP contribution is 2.06. The highest BCUT2D eigenvalue weighted by atomic mass is 16.5. The van der Waals surface area contributed by atoms with E-state index in [-0.39, 0.29) is 12.7 Å². The molecule has 1 fully saturated rings. The third-order valence-corrected chi connectivity index (χ3v) is 3.03. The van der Waals surface area contributed by atoms with Crippen molar-refractivity contribution in [2.24, 2.45) is 7.05 Å². The van der Waals surface area contributed by atoms with E-state index in [1.807, 2.05) is 24.0 Å². The molecular weight excluding hydrogens is 206 g/mol. The molecule has 5 heteroatoms. The minimum atomic E-state index is -0.0136. The lowest BCUT2D eigenvalue weighted by molar-refractivity contribution is -0.0523. The van der Waals surface area contributed by atoms with Crippen molar-refractivity contribution in [3.05, 3.63) is 18.0 Å². The number of aryl methyl sites for hydroxylation is 1. The Kier molecular flexibility index (Phi) is 3.93. The third kappa shape index (κ3) is 2.81. The van der Waals surface area contributed by atoms with Crippen molar-refractivity contribution in [2.75, 3.05) is 32.8 Å². The van der Waals surface area contributed by atoms with E-state index < -0.39 is 0 Å². The summed E-state index contributed by atoms with van der Waals surface area (Å²) in [5, 5.41) is 13.2. The van der Waals surface area contributed by atoms with Crippen LogP contribution in [0.5, 0.6) is 0 Å². The Morgan fingerprint density at radius 1 is 1.62 bits per heavy atom. The first kappa shape index (κ1) is 11.6. The predicted octanol–water partition coefficient (Wildman–Crippen LogP) is -0.344. The van der Waals surface area contributed by atoms with Crippen molar-refractivity contribution < 1.29 is 9.84 Å². The lowest BCUT2D eigenvalue weighted by Gasteiger charge is -2.31. The summed E-state index contributed by atoms with van der Waals surface area (Å²) in [5.41, 5.74) is 1.24. The molecule has 1 aliphatic heterocycles. The van der Waals surface area contributed by atoms with Gasteiger partial charge in [-0.25, -0.2) is 0 Å². The van der Waals surface area contributed by atoms with Gasteiger partial charge in [-0.3, -0.25) is 9.58 Å². The second-order valence-electron chi connectivity index (χ2n) is 4.17. The molecule has 0 spiro atoms. The van der Waals surface area contributed by atoms with Crippen LogP contribution in [0.15, 0.2) is 12.3 Å². The third-order valence-electron chi connectivity index (χ3n) is 3.03. The van der Waals surface area contributed by atoms with Crippen LogP contribution in [0.4, 0.5) is 0 Å². The molecule has 1 atom stereocenters. The Labute approximate surface area is 95.6 Å². The number of rotatable bonds is 4. The summed E-state index contributed by atoms with van der Waals surface area (Å²) in [6.45, 7) is 3.61. The number of morpholine rings is 1. The molecule has 2 heterocycles. The van der Waals surface area contributed by atoms with E-state index in [9.17, 15) is 0 Å². The fourth-order valence-electron chi connectivity index (χ4n) is 2.01. The fourth-order valence-corrected chi connectivity index (χ4v) is 2.01. The maximum Gasteiger partial charge on any atom is 0.0932 e. The van der Waals surface area contributed by atoms with Gasteiger partial charge >= 0.3 is 0 Å². The maximum absolute atomic E-state index is 9.04. The van der Waals surface area contributed by atoms with Crippen molar-refractivity contribution in [1.29, 1.82) is 0 Å². The maximum atomic E-state index is 9.04. The number of aromatic nitrogens is 2.